The number of rotatable bonds is 2. The van der Waals surface area contributed by atoms with Crippen LogP contribution in [0.1, 0.15) is 51.5 Å². The Labute approximate surface area is 140 Å². The first-order chi connectivity index (χ1) is 11.7. The number of anilines is 1. The highest BCUT2D eigenvalue weighted by molar-refractivity contribution is 6.07. The maximum absolute atomic E-state index is 13.1. The Morgan fingerprint density at radius 1 is 1.08 bits per heavy atom. The molecule has 2 aromatic rings. The van der Waals surface area contributed by atoms with E-state index in [9.17, 15) is 9.59 Å². The minimum atomic E-state index is -0.442. The molecular formula is C18H20N4O2. The number of imidazole rings is 1. The molecule has 2 aliphatic rings. The van der Waals surface area contributed by atoms with Gasteiger partial charge >= 0.3 is 0 Å². The minimum absolute atomic E-state index is 0.0433. The molecule has 1 aromatic heterocycles. The molecule has 24 heavy (non-hydrogen) atoms. The van der Waals surface area contributed by atoms with Gasteiger partial charge in [-0.1, -0.05) is 6.07 Å². The Balaban J connectivity index is 1.74. The number of aromatic nitrogens is 2. The van der Waals surface area contributed by atoms with Gasteiger partial charge in [-0.05, 0) is 43.4 Å². The number of primary amides is 1. The van der Waals surface area contributed by atoms with Gasteiger partial charge in [0.2, 0.25) is 5.91 Å². The fourth-order valence-corrected chi connectivity index (χ4v) is 3.79. The summed E-state index contributed by atoms with van der Waals surface area (Å²) in [6.45, 7) is 1.49. The minimum Gasteiger partial charge on any atom is -0.366 e. The third kappa shape index (κ3) is 2.29. The quantitative estimate of drug-likeness (QED) is 0.916. The Morgan fingerprint density at radius 2 is 1.96 bits per heavy atom. The van der Waals surface area contributed by atoms with Crippen LogP contribution in [0.4, 0.5) is 5.69 Å². The van der Waals surface area contributed by atoms with E-state index in [0.29, 0.717) is 17.8 Å². The van der Waals surface area contributed by atoms with Gasteiger partial charge in [-0.25, -0.2) is 4.98 Å². The van der Waals surface area contributed by atoms with E-state index < -0.39 is 5.91 Å². The molecule has 0 saturated heterocycles. The number of carbonyl (C=O) groups excluding carboxylic acids is 2. The topological polar surface area (TPSA) is 81.2 Å². The molecule has 1 aromatic carbocycles. The largest absolute Gasteiger partial charge is 0.366 e. The molecule has 6 heteroatoms. The summed E-state index contributed by atoms with van der Waals surface area (Å²) in [5.41, 5.74) is 8.32. The summed E-state index contributed by atoms with van der Waals surface area (Å²) in [7, 11) is 0. The van der Waals surface area contributed by atoms with Crippen LogP contribution in [0.2, 0.25) is 0 Å². The van der Waals surface area contributed by atoms with Crippen LogP contribution in [0.3, 0.4) is 0 Å². The number of hydrogen-bond acceptors (Lipinski definition) is 3. The van der Waals surface area contributed by atoms with Crippen molar-refractivity contribution in [1.82, 2.24) is 9.55 Å². The molecule has 0 radical (unpaired) electrons. The number of aryl methyl sites for hydroxylation is 1. The molecule has 124 valence electrons. The summed E-state index contributed by atoms with van der Waals surface area (Å²) in [4.78, 5) is 31.0. The number of carbonyl (C=O) groups is 2. The number of fused-ring (bicyclic) bond motifs is 2. The second-order valence-corrected chi connectivity index (χ2v) is 6.40. The second-order valence-electron chi connectivity index (χ2n) is 6.40. The average Bonchev–Trinajstić information content (AvgIpc) is 3.04. The maximum atomic E-state index is 13.1. The summed E-state index contributed by atoms with van der Waals surface area (Å²) in [6, 6.07) is 5.42. The van der Waals surface area contributed by atoms with Crippen molar-refractivity contribution >= 4 is 17.5 Å². The SMILES string of the molecule is NC(=O)c1cccc2c1CCCN2C(=O)c1cnc2n1CCCC2. The Kier molecular flexibility index (Phi) is 3.59. The van der Waals surface area contributed by atoms with Gasteiger partial charge in [-0.2, -0.15) is 0 Å². The predicted molar refractivity (Wildman–Crippen MR) is 90.1 cm³/mol. The third-order valence-electron chi connectivity index (χ3n) is 4.95. The van der Waals surface area contributed by atoms with E-state index >= 15 is 0 Å². The third-order valence-corrected chi connectivity index (χ3v) is 4.95. The van der Waals surface area contributed by atoms with Crippen LogP contribution in [0, 0.1) is 0 Å². The first-order valence-corrected chi connectivity index (χ1v) is 8.45. The molecule has 2 N–H and O–H groups in total. The fourth-order valence-electron chi connectivity index (χ4n) is 3.79. The summed E-state index contributed by atoms with van der Waals surface area (Å²) >= 11 is 0. The maximum Gasteiger partial charge on any atom is 0.276 e. The van der Waals surface area contributed by atoms with Gasteiger partial charge in [0.25, 0.3) is 5.91 Å². The molecule has 0 saturated carbocycles. The Hall–Kier alpha value is -2.63. The Bertz CT molecular complexity index is 824. The van der Waals surface area contributed by atoms with Crippen molar-refractivity contribution in [1.29, 1.82) is 0 Å². The average molecular weight is 324 g/mol. The van der Waals surface area contributed by atoms with Crippen LogP contribution < -0.4 is 10.6 Å². The van der Waals surface area contributed by atoms with Crippen molar-refractivity contribution in [3.05, 3.63) is 47.0 Å². The molecule has 2 amide bonds. The zero-order valence-corrected chi connectivity index (χ0v) is 13.5. The van der Waals surface area contributed by atoms with Crippen molar-refractivity contribution in [2.45, 2.75) is 38.6 Å². The number of nitrogens with two attached hydrogens (primary N) is 1. The van der Waals surface area contributed by atoms with Gasteiger partial charge in [-0.15, -0.1) is 0 Å². The van der Waals surface area contributed by atoms with Crippen LogP contribution in [-0.4, -0.2) is 27.9 Å². The van der Waals surface area contributed by atoms with Crippen molar-refractivity contribution < 1.29 is 9.59 Å². The highest BCUT2D eigenvalue weighted by Crippen LogP contribution is 2.31. The van der Waals surface area contributed by atoms with Crippen molar-refractivity contribution in [3.63, 3.8) is 0 Å². The molecule has 0 spiro atoms. The monoisotopic (exact) mass is 324 g/mol. The van der Waals surface area contributed by atoms with E-state index in [-0.39, 0.29) is 5.91 Å². The van der Waals surface area contributed by atoms with Crippen LogP contribution in [0.15, 0.2) is 24.4 Å². The standard InChI is InChI=1S/C18H20N4O2/c19-17(23)13-5-3-7-14-12(13)6-4-10-22(14)18(24)15-11-20-16-8-1-2-9-21(15)16/h3,5,7,11H,1-2,4,6,8-10H2,(H2,19,23). The Morgan fingerprint density at radius 3 is 2.79 bits per heavy atom. The molecule has 0 fully saturated rings. The van der Waals surface area contributed by atoms with E-state index in [1.54, 1.807) is 23.2 Å². The number of amides is 2. The molecule has 0 unspecified atom stereocenters. The van der Waals surface area contributed by atoms with Crippen LogP contribution in [-0.2, 0) is 19.4 Å². The lowest BCUT2D eigenvalue weighted by molar-refractivity contribution is 0.0969. The van der Waals surface area contributed by atoms with Crippen molar-refractivity contribution in [2.75, 3.05) is 11.4 Å². The number of hydrogen-bond donors (Lipinski definition) is 1. The smallest absolute Gasteiger partial charge is 0.276 e. The fraction of sp³-hybridized carbons (Fsp3) is 0.389. The lowest BCUT2D eigenvalue weighted by atomic mass is 9.95. The van der Waals surface area contributed by atoms with E-state index in [0.717, 1.165) is 55.7 Å². The molecular weight excluding hydrogens is 304 g/mol. The number of nitrogens with zero attached hydrogens (tertiary/aromatic N) is 3. The summed E-state index contributed by atoms with van der Waals surface area (Å²) in [5, 5.41) is 0. The molecule has 0 aliphatic carbocycles. The van der Waals surface area contributed by atoms with Crippen LogP contribution in [0.5, 0.6) is 0 Å². The van der Waals surface area contributed by atoms with Crippen molar-refractivity contribution in [2.24, 2.45) is 5.73 Å². The zero-order valence-electron chi connectivity index (χ0n) is 13.5. The van der Waals surface area contributed by atoms with Gasteiger partial charge in [0, 0.05) is 30.8 Å². The molecule has 4 rings (SSSR count). The molecule has 0 bridgehead atoms. The van der Waals surface area contributed by atoms with E-state index in [2.05, 4.69) is 4.98 Å². The van der Waals surface area contributed by atoms with Crippen LogP contribution in [0.25, 0.3) is 0 Å². The molecule has 2 aliphatic heterocycles. The molecule has 6 nitrogen and oxygen atoms in total. The van der Waals surface area contributed by atoms with Crippen molar-refractivity contribution in [3.8, 4) is 0 Å². The predicted octanol–water partition coefficient (Wildman–Crippen LogP) is 1.91. The van der Waals surface area contributed by atoms with E-state index in [1.165, 1.54) is 0 Å². The van der Waals surface area contributed by atoms with Gasteiger partial charge in [-0.3, -0.25) is 9.59 Å². The number of benzene rings is 1. The van der Waals surface area contributed by atoms with E-state index in [1.807, 2.05) is 10.6 Å². The highest BCUT2D eigenvalue weighted by Gasteiger charge is 2.29. The highest BCUT2D eigenvalue weighted by atomic mass is 16.2. The van der Waals surface area contributed by atoms with Gasteiger partial charge < -0.3 is 15.2 Å². The van der Waals surface area contributed by atoms with Gasteiger partial charge in [0.05, 0.1) is 6.20 Å². The second kappa shape index (κ2) is 5.78. The lowest BCUT2D eigenvalue weighted by Gasteiger charge is -2.31. The van der Waals surface area contributed by atoms with Crippen LogP contribution >= 0.6 is 0 Å². The van der Waals surface area contributed by atoms with Gasteiger partial charge in [0.1, 0.15) is 11.5 Å². The first kappa shape index (κ1) is 14.9. The van der Waals surface area contributed by atoms with E-state index in [4.69, 9.17) is 5.73 Å². The summed E-state index contributed by atoms with van der Waals surface area (Å²) < 4.78 is 2.04. The molecule has 0 atom stereocenters. The van der Waals surface area contributed by atoms with Gasteiger partial charge in [0.15, 0.2) is 0 Å². The summed E-state index contributed by atoms with van der Waals surface area (Å²) in [6.07, 6.45) is 6.41. The lowest BCUT2D eigenvalue weighted by Crippen LogP contribution is -2.37. The first-order valence-electron chi connectivity index (χ1n) is 8.45. The summed E-state index contributed by atoms with van der Waals surface area (Å²) in [5.74, 6) is 0.508. The zero-order chi connectivity index (χ0) is 16.7. The molecule has 3 heterocycles. The normalized spacial score (nSPS) is 16.4.